The van der Waals surface area contributed by atoms with Gasteiger partial charge < -0.3 is 9.84 Å². The van der Waals surface area contributed by atoms with Crippen molar-refractivity contribution in [2.24, 2.45) is 0 Å². The Morgan fingerprint density at radius 2 is 1.90 bits per heavy atom. The molecule has 1 rings (SSSR count). The van der Waals surface area contributed by atoms with E-state index >= 15 is 0 Å². The maximum absolute atomic E-state index is 12.2. The fraction of sp³-hybridized carbons (Fsp3) is 0.500. The highest BCUT2D eigenvalue weighted by atomic mass is 32.2. The number of benzene rings is 1. The van der Waals surface area contributed by atoms with Crippen molar-refractivity contribution in [3.8, 4) is 5.75 Å². The Balaban J connectivity index is 2.79. The molecule has 0 saturated carbocycles. The van der Waals surface area contributed by atoms with Crippen LogP contribution in [-0.2, 0) is 14.8 Å². The summed E-state index contributed by atoms with van der Waals surface area (Å²) in [6.07, 6.45) is 1.03. The van der Waals surface area contributed by atoms with Crippen LogP contribution >= 0.6 is 0 Å². The second-order valence-electron chi connectivity index (χ2n) is 4.64. The van der Waals surface area contributed by atoms with Gasteiger partial charge in [-0.3, -0.25) is 4.79 Å². The van der Waals surface area contributed by atoms with Gasteiger partial charge in [-0.05, 0) is 37.1 Å². The van der Waals surface area contributed by atoms with E-state index in [0.717, 1.165) is 6.42 Å². The lowest BCUT2D eigenvalue weighted by molar-refractivity contribution is -0.137. The molecule has 0 heterocycles. The van der Waals surface area contributed by atoms with Gasteiger partial charge in [-0.1, -0.05) is 13.8 Å². The maximum atomic E-state index is 12.2. The lowest BCUT2D eigenvalue weighted by Crippen LogP contribution is -2.35. The molecule has 0 aliphatic carbocycles. The Bertz CT molecular complexity index is 553. The second-order valence-corrected chi connectivity index (χ2v) is 6.36. The first-order valence-electron chi connectivity index (χ1n) is 6.86. The summed E-state index contributed by atoms with van der Waals surface area (Å²) in [7, 11) is -3.72. The van der Waals surface area contributed by atoms with Crippen molar-refractivity contribution in [2.75, 3.05) is 6.61 Å². The third-order valence-electron chi connectivity index (χ3n) is 2.84. The molecule has 0 aromatic heterocycles. The fourth-order valence-electron chi connectivity index (χ4n) is 1.70. The zero-order valence-corrected chi connectivity index (χ0v) is 13.0. The van der Waals surface area contributed by atoms with Crippen LogP contribution in [0.1, 0.15) is 33.1 Å². The summed E-state index contributed by atoms with van der Waals surface area (Å²) in [6, 6.07) is 5.44. The maximum Gasteiger partial charge on any atom is 0.304 e. The third-order valence-corrected chi connectivity index (χ3v) is 4.38. The van der Waals surface area contributed by atoms with Crippen molar-refractivity contribution in [1.82, 2.24) is 4.72 Å². The molecule has 21 heavy (non-hydrogen) atoms. The first-order valence-corrected chi connectivity index (χ1v) is 8.34. The number of carboxylic acids is 1. The molecule has 0 aliphatic rings. The highest BCUT2D eigenvalue weighted by Gasteiger charge is 2.20. The predicted octanol–water partition coefficient (Wildman–Crippen LogP) is 2.01. The summed E-state index contributed by atoms with van der Waals surface area (Å²) in [5.41, 5.74) is 0. The molecule has 118 valence electrons. The molecule has 1 unspecified atom stereocenters. The molecule has 0 saturated heterocycles. The van der Waals surface area contributed by atoms with E-state index in [-0.39, 0.29) is 11.3 Å². The molecule has 0 fully saturated rings. The van der Waals surface area contributed by atoms with Crippen LogP contribution in [-0.4, -0.2) is 32.1 Å². The Hall–Kier alpha value is -1.60. The highest BCUT2D eigenvalue weighted by Crippen LogP contribution is 2.17. The van der Waals surface area contributed by atoms with Gasteiger partial charge in [0.15, 0.2) is 0 Å². The first-order chi connectivity index (χ1) is 9.89. The van der Waals surface area contributed by atoms with Crippen LogP contribution in [0.2, 0.25) is 0 Å². The van der Waals surface area contributed by atoms with Crippen LogP contribution in [0.15, 0.2) is 29.2 Å². The molecule has 0 amide bonds. The van der Waals surface area contributed by atoms with Gasteiger partial charge in [0.2, 0.25) is 10.0 Å². The average Bonchev–Trinajstić information content (AvgIpc) is 2.44. The van der Waals surface area contributed by atoms with Crippen molar-refractivity contribution in [3.63, 3.8) is 0 Å². The van der Waals surface area contributed by atoms with E-state index in [2.05, 4.69) is 4.72 Å². The van der Waals surface area contributed by atoms with E-state index in [1.54, 1.807) is 19.1 Å². The molecule has 0 spiro atoms. The van der Waals surface area contributed by atoms with Gasteiger partial charge in [0.25, 0.3) is 0 Å². The zero-order chi connectivity index (χ0) is 15.9. The summed E-state index contributed by atoms with van der Waals surface area (Å²) in [4.78, 5) is 10.8. The van der Waals surface area contributed by atoms with Gasteiger partial charge in [-0.15, -0.1) is 0 Å². The van der Waals surface area contributed by atoms with Gasteiger partial charge in [0.05, 0.1) is 17.9 Å². The molecule has 0 radical (unpaired) electrons. The Kier molecular flexibility index (Phi) is 6.64. The van der Waals surface area contributed by atoms with Gasteiger partial charge in [-0.2, -0.15) is 0 Å². The lowest BCUT2D eigenvalue weighted by Gasteiger charge is -2.15. The summed E-state index contributed by atoms with van der Waals surface area (Å²) >= 11 is 0. The van der Waals surface area contributed by atoms with Gasteiger partial charge in [0, 0.05) is 6.04 Å². The van der Waals surface area contributed by atoms with Gasteiger partial charge >= 0.3 is 5.97 Å². The van der Waals surface area contributed by atoms with E-state index in [1.165, 1.54) is 12.1 Å². The number of sulfonamides is 1. The highest BCUT2D eigenvalue weighted by molar-refractivity contribution is 7.89. The van der Waals surface area contributed by atoms with Crippen LogP contribution in [0.5, 0.6) is 5.75 Å². The largest absolute Gasteiger partial charge is 0.494 e. The van der Waals surface area contributed by atoms with E-state index in [9.17, 15) is 13.2 Å². The molecule has 1 aromatic rings. The zero-order valence-electron chi connectivity index (χ0n) is 12.2. The summed E-state index contributed by atoms with van der Waals surface area (Å²) in [6.45, 7) is 4.29. The third kappa shape index (κ3) is 5.73. The van der Waals surface area contributed by atoms with Crippen LogP contribution in [0.3, 0.4) is 0 Å². The minimum Gasteiger partial charge on any atom is -0.494 e. The number of ether oxygens (including phenoxy) is 1. The molecular formula is C14H21NO5S. The Labute approximate surface area is 125 Å². The molecule has 1 atom stereocenters. The predicted molar refractivity (Wildman–Crippen MR) is 78.9 cm³/mol. The van der Waals surface area contributed by atoms with Gasteiger partial charge in [-0.25, -0.2) is 13.1 Å². The quantitative estimate of drug-likeness (QED) is 0.727. The van der Waals surface area contributed by atoms with E-state index in [0.29, 0.717) is 18.8 Å². The summed E-state index contributed by atoms with van der Waals surface area (Å²) in [5.74, 6) is -0.429. The van der Waals surface area contributed by atoms with E-state index < -0.39 is 22.0 Å². The monoisotopic (exact) mass is 315 g/mol. The van der Waals surface area contributed by atoms with Crippen molar-refractivity contribution < 1.29 is 23.1 Å². The number of aliphatic carboxylic acids is 1. The first kappa shape index (κ1) is 17.5. The minimum absolute atomic E-state index is 0.0928. The SMILES string of the molecule is CCCOc1ccc(S(=O)(=O)NC(CC)CC(=O)O)cc1. The standard InChI is InChI=1S/C14H21NO5S/c1-3-9-20-12-5-7-13(8-6-12)21(18,19)15-11(4-2)10-14(16)17/h5-8,11,15H,3-4,9-10H2,1-2H3,(H,16,17). The fourth-order valence-corrected chi connectivity index (χ4v) is 3.02. The smallest absolute Gasteiger partial charge is 0.304 e. The number of hydrogen-bond acceptors (Lipinski definition) is 4. The lowest BCUT2D eigenvalue weighted by atomic mass is 10.2. The van der Waals surface area contributed by atoms with Crippen molar-refractivity contribution >= 4 is 16.0 Å². The van der Waals surface area contributed by atoms with Crippen molar-refractivity contribution in [3.05, 3.63) is 24.3 Å². The number of carboxylic acid groups (broad SMARTS) is 1. The van der Waals surface area contributed by atoms with Crippen molar-refractivity contribution in [1.29, 1.82) is 0 Å². The topological polar surface area (TPSA) is 92.7 Å². The Morgan fingerprint density at radius 3 is 2.38 bits per heavy atom. The average molecular weight is 315 g/mol. The van der Waals surface area contributed by atoms with Crippen LogP contribution in [0.4, 0.5) is 0 Å². The second kappa shape index (κ2) is 7.99. The molecular weight excluding hydrogens is 294 g/mol. The Morgan fingerprint density at radius 1 is 1.29 bits per heavy atom. The van der Waals surface area contributed by atoms with E-state index in [4.69, 9.17) is 9.84 Å². The van der Waals surface area contributed by atoms with Crippen LogP contribution in [0, 0.1) is 0 Å². The summed E-state index contributed by atoms with van der Waals surface area (Å²) < 4.78 is 32.1. The normalized spacial score (nSPS) is 12.9. The number of hydrogen-bond donors (Lipinski definition) is 2. The number of rotatable bonds is 9. The molecule has 7 heteroatoms. The molecule has 0 aliphatic heterocycles. The molecule has 0 bridgehead atoms. The van der Waals surface area contributed by atoms with Crippen molar-refractivity contribution in [2.45, 2.75) is 44.0 Å². The number of carbonyl (C=O) groups is 1. The molecule has 1 aromatic carbocycles. The van der Waals surface area contributed by atoms with E-state index in [1.807, 2.05) is 6.92 Å². The number of nitrogens with one attached hydrogen (secondary N) is 1. The minimum atomic E-state index is -3.72. The molecule has 6 nitrogen and oxygen atoms in total. The van der Waals surface area contributed by atoms with Crippen LogP contribution in [0.25, 0.3) is 0 Å². The molecule has 2 N–H and O–H groups in total. The van der Waals surface area contributed by atoms with Crippen LogP contribution < -0.4 is 9.46 Å². The van der Waals surface area contributed by atoms with Gasteiger partial charge in [0.1, 0.15) is 5.75 Å². The summed E-state index contributed by atoms with van der Waals surface area (Å²) in [5, 5.41) is 8.75.